The Hall–Kier alpha value is -4.22. The van der Waals surface area contributed by atoms with E-state index >= 15 is 0 Å². The number of rotatable bonds is 7. The van der Waals surface area contributed by atoms with Gasteiger partial charge < -0.3 is 14.6 Å². The Morgan fingerprint density at radius 2 is 1.09 bits per heavy atom. The van der Waals surface area contributed by atoms with Gasteiger partial charge in [0.15, 0.2) is 11.6 Å². The summed E-state index contributed by atoms with van der Waals surface area (Å²) in [6, 6.07) is 31.8. The molecule has 5 heteroatoms. The van der Waals surface area contributed by atoms with E-state index < -0.39 is 0 Å². The van der Waals surface area contributed by atoms with Crippen molar-refractivity contribution < 1.29 is 24.2 Å². The van der Waals surface area contributed by atoms with Gasteiger partial charge in [0, 0.05) is 22.3 Å². The lowest BCUT2D eigenvalue weighted by molar-refractivity contribution is 0.103. The molecular formula is C29H24O5. The molecule has 1 atom stereocenters. The first-order valence-electron chi connectivity index (χ1n) is 10.9. The Labute approximate surface area is 198 Å². The molecule has 0 spiro atoms. The number of ether oxygens (including phenoxy) is 2. The van der Waals surface area contributed by atoms with Crippen molar-refractivity contribution in [3.63, 3.8) is 0 Å². The fourth-order valence-electron chi connectivity index (χ4n) is 3.18. The van der Waals surface area contributed by atoms with Crippen LogP contribution in [0.4, 0.5) is 0 Å². The molecule has 34 heavy (non-hydrogen) atoms. The van der Waals surface area contributed by atoms with Crippen LogP contribution in [0.1, 0.15) is 31.8 Å². The normalized spacial score (nSPS) is 13.8. The predicted molar refractivity (Wildman–Crippen MR) is 130 cm³/mol. The van der Waals surface area contributed by atoms with E-state index in [9.17, 15) is 9.59 Å². The topological polar surface area (TPSA) is 76.1 Å². The largest absolute Gasteiger partial charge is 0.508 e. The average molecular weight is 453 g/mol. The zero-order valence-electron chi connectivity index (χ0n) is 18.5. The van der Waals surface area contributed by atoms with E-state index in [1.165, 1.54) is 12.1 Å². The molecule has 1 saturated heterocycles. The van der Waals surface area contributed by atoms with Crippen molar-refractivity contribution in [3.8, 4) is 11.5 Å². The quantitative estimate of drug-likeness (QED) is 0.303. The number of aromatic hydroxyl groups is 1. The molecule has 0 aliphatic carbocycles. The first-order chi connectivity index (χ1) is 16.6. The number of carbonyl (C=O) groups is 2. The van der Waals surface area contributed by atoms with E-state index in [2.05, 4.69) is 0 Å². The van der Waals surface area contributed by atoms with Gasteiger partial charge in [0.1, 0.15) is 24.2 Å². The van der Waals surface area contributed by atoms with Crippen LogP contribution in [0.15, 0.2) is 109 Å². The number of carbonyl (C=O) groups excluding carboxylic acids is 2. The molecule has 0 amide bonds. The molecule has 1 aliphatic rings. The van der Waals surface area contributed by atoms with Crippen molar-refractivity contribution in [2.24, 2.45) is 0 Å². The van der Waals surface area contributed by atoms with Crippen LogP contribution in [-0.4, -0.2) is 36.0 Å². The summed E-state index contributed by atoms with van der Waals surface area (Å²) in [5, 5.41) is 9.10. The molecule has 0 bridgehead atoms. The van der Waals surface area contributed by atoms with Crippen LogP contribution in [-0.2, 0) is 4.74 Å². The van der Waals surface area contributed by atoms with Crippen molar-refractivity contribution in [3.05, 3.63) is 131 Å². The van der Waals surface area contributed by atoms with Crippen LogP contribution in [0.25, 0.3) is 0 Å². The van der Waals surface area contributed by atoms with Gasteiger partial charge >= 0.3 is 0 Å². The zero-order chi connectivity index (χ0) is 23.8. The van der Waals surface area contributed by atoms with E-state index in [1.54, 1.807) is 36.4 Å². The van der Waals surface area contributed by atoms with Crippen molar-refractivity contribution in [1.82, 2.24) is 0 Å². The van der Waals surface area contributed by atoms with Gasteiger partial charge in [0.05, 0.1) is 6.61 Å². The number of phenolic OH excluding ortho intramolecular Hbond substituents is 1. The molecule has 1 heterocycles. The second kappa shape index (κ2) is 11.1. The van der Waals surface area contributed by atoms with Crippen LogP contribution >= 0.6 is 0 Å². The summed E-state index contributed by atoms with van der Waals surface area (Å²) in [6.45, 7) is 1.36. The number of hydrogen-bond acceptors (Lipinski definition) is 5. The van der Waals surface area contributed by atoms with Crippen LogP contribution < -0.4 is 4.74 Å². The Balaban J connectivity index is 0.000000166. The fraction of sp³-hybridized carbons (Fsp3) is 0.103. The van der Waals surface area contributed by atoms with Gasteiger partial charge in [0.2, 0.25) is 0 Å². The molecule has 4 aromatic rings. The fourth-order valence-corrected chi connectivity index (χ4v) is 3.18. The lowest BCUT2D eigenvalue weighted by Crippen LogP contribution is -2.05. The third-order valence-corrected chi connectivity index (χ3v) is 5.16. The molecule has 1 aliphatic heterocycles. The molecule has 4 aromatic carbocycles. The number of ketones is 2. The van der Waals surface area contributed by atoms with Gasteiger partial charge in [-0.1, -0.05) is 60.7 Å². The molecule has 1 fully saturated rings. The monoisotopic (exact) mass is 452 g/mol. The van der Waals surface area contributed by atoms with E-state index in [0.29, 0.717) is 28.9 Å². The molecule has 0 aromatic heterocycles. The lowest BCUT2D eigenvalue weighted by Gasteiger charge is -2.05. The summed E-state index contributed by atoms with van der Waals surface area (Å²) in [6.07, 6.45) is 0.241. The second-order valence-corrected chi connectivity index (χ2v) is 7.73. The van der Waals surface area contributed by atoms with Crippen molar-refractivity contribution in [2.45, 2.75) is 6.10 Å². The Bertz CT molecular complexity index is 1210. The highest BCUT2D eigenvalue weighted by atomic mass is 16.6. The minimum atomic E-state index is -0.0319. The highest BCUT2D eigenvalue weighted by Gasteiger charge is 2.23. The van der Waals surface area contributed by atoms with Crippen molar-refractivity contribution in [1.29, 1.82) is 0 Å². The third-order valence-electron chi connectivity index (χ3n) is 5.16. The predicted octanol–water partition coefficient (Wildman–Crippen LogP) is 5.32. The Morgan fingerprint density at radius 1 is 0.676 bits per heavy atom. The average Bonchev–Trinajstić information content (AvgIpc) is 3.74. The Morgan fingerprint density at radius 3 is 1.53 bits per heavy atom. The van der Waals surface area contributed by atoms with E-state index in [-0.39, 0.29) is 23.4 Å². The van der Waals surface area contributed by atoms with Gasteiger partial charge in [0.25, 0.3) is 0 Å². The van der Waals surface area contributed by atoms with Gasteiger partial charge in [-0.25, -0.2) is 0 Å². The maximum absolute atomic E-state index is 12.2. The molecule has 0 radical (unpaired) electrons. The summed E-state index contributed by atoms with van der Waals surface area (Å²) >= 11 is 0. The molecule has 0 saturated carbocycles. The summed E-state index contributed by atoms with van der Waals surface area (Å²) in [5.74, 6) is 0.924. The number of hydrogen-bond donors (Lipinski definition) is 1. The maximum Gasteiger partial charge on any atom is 0.193 e. The summed E-state index contributed by atoms with van der Waals surface area (Å²) in [4.78, 5) is 24.0. The van der Waals surface area contributed by atoms with Crippen molar-refractivity contribution in [2.75, 3.05) is 13.2 Å². The number of benzene rings is 4. The number of epoxide rings is 1. The van der Waals surface area contributed by atoms with Gasteiger partial charge in [-0.15, -0.1) is 0 Å². The lowest BCUT2D eigenvalue weighted by atomic mass is 10.0. The first kappa shape index (κ1) is 23.0. The first-order valence-corrected chi connectivity index (χ1v) is 10.9. The molecule has 5 rings (SSSR count). The van der Waals surface area contributed by atoms with Crippen molar-refractivity contribution >= 4 is 11.6 Å². The van der Waals surface area contributed by atoms with E-state index in [0.717, 1.165) is 12.4 Å². The molecule has 170 valence electrons. The molecule has 1 unspecified atom stereocenters. The minimum Gasteiger partial charge on any atom is -0.508 e. The molecular weight excluding hydrogens is 428 g/mol. The third kappa shape index (κ3) is 6.40. The summed E-state index contributed by atoms with van der Waals surface area (Å²) in [5.41, 5.74) is 2.60. The van der Waals surface area contributed by atoms with Gasteiger partial charge in [-0.05, 0) is 48.5 Å². The zero-order valence-corrected chi connectivity index (χ0v) is 18.5. The van der Waals surface area contributed by atoms with Gasteiger partial charge in [-0.3, -0.25) is 9.59 Å². The highest BCUT2D eigenvalue weighted by Crippen LogP contribution is 2.18. The summed E-state index contributed by atoms with van der Waals surface area (Å²) in [7, 11) is 0. The van der Waals surface area contributed by atoms with Gasteiger partial charge in [-0.2, -0.15) is 0 Å². The van der Waals surface area contributed by atoms with Crippen LogP contribution in [0.2, 0.25) is 0 Å². The molecule has 1 N–H and O–H groups in total. The van der Waals surface area contributed by atoms with E-state index in [4.69, 9.17) is 14.6 Å². The molecule has 5 nitrogen and oxygen atoms in total. The maximum atomic E-state index is 12.2. The van der Waals surface area contributed by atoms with Crippen LogP contribution in [0.5, 0.6) is 11.5 Å². The Kier molecular flexibility index (Phi) is 7.48. The SMILES string of the molecule is O=C(c1ccccc1)c1ccc(O)cc1.O=C(c1ccccc1)c1ccc(OCC2CO2)cc1. The second-order valence-electron chi connectivity index (χ2n) is 7.73. The van der Waals surface area contributed by atoms with Crippen LogP contribution in [0, 0.1) is 0 Å². The number of phenols is 1. The minimum absolute atomic E-state index is 0.0256. The van der Waals surface area contributed by atoms with Crippen LogP contribution in [0.3, 0.4) is 0 Å². The standard InChI is InChI=1S/C16H14O3.C13H10O2/c17-16(12-4-2-1-3-5-12)13-6-8-14(9-7-13)18-10-15-11-19-15;14-12-8-6-11(7-9-12)13(15)10-4-2-1-3-5-10/h1-9,15H,10-11H2;1-9,14H. The summed E-state index contributed by atoms with van der Waals surface area (Å²) < 4.78 is 10.6. The highest BCUT2D eigenvalue weighted by molar-refractivity contribution is 6.09. The smallest absolute Gasteiger partial charge is 0.193 e. The van der Waals surface area contributed by atoms with E-state index in [1.807, 2.05) is 60.7 Å².